The highest BCUT2D eigenvalue weighted by Crippen LogP contribution is 2.26. The number of para-hydroxylation sites is 2. The Labute approximate surface area is 166 Å². The van der Waals surface area contributed by atoms with E-state index in [1.54, 1.807) is 43.3 Å². The van der Waals surface area contributed by atoms with Gasteiger partial charge in [-0.3, -0.25) is 9.52 Å². The molecule has 6 nitrogen and oxygen atoms in total. The molecule has 1 heterocycles. The molecule has 2 N–H and O–H groups in total. The van der Waals surface area contributed by atoms with Crippen molar-refractivity contribution in [3.63, 3.8) is 0 Å². The lowest BCUT2D eigenvalue weighted by atomic mass is 10.1. The topological polar surface area (TPSA) is 88.2 Å². The van der Waals surface area contributed by atoms with Crippen molar-refractivity contribution in [1.82, 2.24) is 4.98 Å². The fraction of sp³-hybridized carbons (Fsp3) is 0.158. The summed E-state index contributed by atoms with van der Waals surface area (Å²) in [6, 6.07) is 12.7. The Morgan fingerprint density at radius 2 is 1.75 bits per heavy atom. The van der Waals surface area contributed by atoms with E-state index in [0.29, 0.717) is 22.7 Å². The van der Waals surface area contributed by atoms with Crippen LogP contribution in [0.4, 0.5) is 15.8 Å². The van der Waals surface area contributed by atoms with Crippen LogP contribution in [0.3, 0.4) is 0 Å². The first-order valence-electron chi connectivity index (χ1n) is 8.30. The largest absolute Gasteiger partial charge is 0.319 e. The number of halogens is 1. The molecular formula is C19H18FN3O3S2. The first kappa shape index (κ1) is 20.0. The Balaban J connectivity index is 1.79. The summed E-state index contributed by atoms with van der Waals surface area (Å²) in [6.07, 6.45) is 1.53. The summed E-state index contributed by atoms with van der Waals surface area (Å²) >= 11 is 1.25. The first-order valence-corrected chi connectivity index (χ1v) is 11.0. The van der Waals surface area contributed by atoms with Gasteiger partial charge in [-0.2, -0.15) is 0 Å². The van der Waals surface area contributed by atoms with Crippen LogP contribution in [0.2, 0.25) is 0 Å². The van der Waals surface area contributed by atoms with E-state index in [0.717, 1.165) is 16.8 Å². The Hall–Kier alpha value is -2.78. The molecule has 3 aromatic rings. The van der Waals surface area contributed by atoms with Gasteiger partial charge in [-0.1, -0.05) is 24.3 Å². The molecule has 0 aliphatic carbocycles. The molecule has 0 fully saturated rings. The van der Waals surface area contributed by atoms with Gasteiger partial charge in [0, 0.05) is 6.42 Å². The number of nitrogens with zero attached hydrogens (tertiary/aromatic N) is 1. The molecule has 0 atom stereocenters. The maximum Gasteiger partial charge on any atom is 0.267 e. The fourth-order valence-electron chi connectivity index (χ4n) is 2.58. The lowest BCUT2D eigenvalue weighted by Gasteiger charge is -2.11. The number of aryl methyl sites for hydroxylation is 1. The summed E-state index contributed by atoms with van der Waals surface area (Å²) in [5.41, 5.74) is 2.11. The monoisotopic (exact) mass is 419 g/mol. The van der Waals surface area contributed by atoms with Gasteiger partial charge in [0.2, 0.25) is 10.0 Å². The number of carbonyl (C=O) groups excluding carboxylic acids is 1. The molecule has 0 saturated carbocycles. The van der Waals surface area contributed by atoms with Crippen molar-refractivity contribution in [2.45, 2.75) is 13.3 Å². The second-order valence-electron chi connectivity index (χ2n) is 6.20. The van der Waals surface area contributed by atoms with Crippen LogP contribution in [0.1, 0.15) is 25.9 Å². The minimum atomic E-state index is -3.48. The van der Waals surface area contributed by atoms with Crippen LogP contribution in [0, 0.1) is 12.7 Å². The third-order valence-electron chi connectivity index (χ3n) is 3.79. The van der Waals surface area contributed by atoms with E-state index in [-0.39, 0.29) is 17.4 Å². The lowest BCUT2D eigenvalue weighted by molar-refractivity contribution is 0.103. The normalized spacial score (nSPS) is 11.2. The van der Waals surface area contributed by atoms with Gasteiger partial charge in [-0.25, -0.2) is 17.8 Å². The van der Waals surface area contributed by atoms with E-state index < -0.39 is 10.0 Å². The number of rotatable bonds is 6. The molecule has 9 heteroatoms. The van der Waals surface area contributed by atoms with Gasteiger partial charge in [0.25, 0.3) is 5.91 Å². The zero-order valence-corrected chi connectivity index (χ0v) is 16.8. The fourth-order valence-corrected chi connectivity index (χ4v) is 4.15. The van der Waals surface area contributed by atoms with Crippen LogP contribution >= 0.6 is 11.3 Å². The van der Waals surface area contributed by atoms with Gasteiger partial charge in [0.15, 0.2) is 0 Å². The van der Waals surface area contributed by atoms with Crippen molar-refractivity contribution in [2.24, 2.45) is 0 Å². The van der Waals surface area contributed by atoms with Crippen molar-refractivity contribution in [2.75, 3.05) is 16.3 Å². The second-order valence-corrected chi connectivity index (χ2v) is 9.03. The van der Waals surface area contributed by atoms with E-state index >= 15 is 0 Å². The minimum Gasteiger partial charge on any atom is -0.319 e. The summed E-state index contributed by atoms with van der Waals surface area (Å²) in [5.74, 6) is -0.677. The molecule has 2 aromatic carbocycles. The van der Waals surface area contributed by atoms with Crippen LogP contribution < -0.4 is 10.0 Å². The third kappa shape index (κ3) is 5.14. The van der Waals surface area contributed by atoms with Gasteiger partial charge in [0.05, 0.1) is 28.3 Å². The lowest BCUT2D eigenvalue weighted by Crippen LogP contribution is -2.15. The maximum absolute atomic E-state index is 13.0. The molecule has 0 aliphatic rings. The number of sulfonamides is 1. The molecule has 1 aromatic heterocycles. The van der Waals surface area contributed by atoms with Crippen LogP contribution in [-0.4, -0.2) is 25.6 Å². The van der Waals surface area contributed by atoms with Crippen LogP contribution in [0.25, 0.3) is 0 Å². The van der Waals surface area contributed by atoms with Crippen LogP contribution in [0.15, 0.2) is 48.5 Å². The van der Waals surface area contributed by atoms with Crippen molar-refractivity contribution in [3.8, 4) is 0 Å². The smallest absolute Gasteiger partial charge is 0.267 e. The van der Waals surface area contributed by atoms with Gasteiger partial charge in [0.1, 0.15) is 10.7 Å². The number of aromatic nitrogens is 1. The number of benzene rings is 2. The zero-order valence-electron chi connectivity index (χ0n) is 15.2. The van der Waals surface area contributed by atoms with Crippen molar-refractivity contribution in [1.29, 1.82) is 0 Å². The van der Waals surface area contributed by atoms with Gasteiger partial charge in [-0.15, -0.1) is 11.3 Å². The molecule has 0 spiro atoms. The van der Waals surface area contributed by atoms with Gasteiger partial charge < -0.3 is 5.32 Å². The summed E-state index contributed by atoms with van der Waals surface area (Å²) < 4.78 is 38.4. The number of nitrogens with one attached hydrogen (secondary N) is 2. The Kier molecular flexibility index (Phi) is 5.76. The Morgan fingerprint density at radius 1 is 1.11 bits per heavy atom. The van der Waals surface area contributed by atoms with Crippen molar-refractivity contribution in [3.05, 3.63) is 75.5 Å². The first-order chi connectivity index (χ1) is 13.2. The number of carbonyl (C=O) groups is 1. The quantitative estimate of drug-likeness (QED) is 0.636. The highest BCUT2D eigenvalue weighted by molar-refractivity contribution is 7.92. The Bertz CT molecular complexity index is 1110. The van der Waals surface area contributed by atoms with E-state index in [1.165, 1.54) is 23.5 Å². The molecule has 0 bridgehead atoms. The van der Waals surface area contributed by atoms with Gasteiger partial charge in [-0.05, 0) is 36.8 Å². The van der Waals surface area contributed by atoms with E-state index in [4.69, 9.17) is 0 Å². The van der Waals surface area contributed by atoms with Crippen molar-refractivity contribution >= 4 is 38.6 Å². The molecule has 28 heavy (non-hydrogen) atoms. The van der Waals surface area contributed by atoms with Crippen LogP contribution in [0.5, 0.6) is 0 Å². The number of anilines is 2. The molecule has 0 unspecified atom stereocenters. The molecule has 0 saturated heterocycles. The molecule has 3 rings (SSSR count). The number of hydrogen-bond acceptors (Lipinski definition) is 5. The third-order valence-corrected chi connectivity index (χ3v) is 5.53. The van der Waals surface area contributed by atoms with E-state index in [1.807, 2.05) is 0 Å². The van der Waals surface area contributed by atoms with E-state index in [9.17, 15) is 17.6 Å². The van der Waals surface area contributed by atoms with Gasteiger partial charge >= 0.3 is 0 Å². The summed E-state index contributed by atoms with van der Waals surface area (Å²) in [4.78, 5) is 17.6. The minimum absolute atomic E-state index is 0.284. The summed E-state index contributed by atoms with van der Waals surface area (Å²) in [6.45, 7) is 1.74. The molecule has 146 valence electrons. The highest BCUT2D eigenvalue weighted by Gasteiger charge is 2.17. The number of hydrogen-bond donors (Lipinski definition) is 2. The summed E-state index contributed by atoms with van der Waals surface area (Å²) in [7, 11) is -3.48. The predicted octanol–water partition coefficient (Wildman–Crippen LogP) is 3.81. The van der Waals surface area contributed by atoms with E-state index in [2.05, 4.69) is 15.0 Å². The maximum atomic E-state index is 13.0. The highest BCUT2D eigenvalue weighted by atomic mass is 32.2. The molecular weight excluding hydrogens is 401 g/mol. The Morgan fingerprint density at radius 3 is 2.39 bits per heavy atom. The number of thiazole rings is 1. The second kappa shape index (κ2) is 8.07. The molecule has 1 amide bonds. The number of amides is 1. The van der Waals surface area contributed by atoms with Crippen molar-refractivity contribution < 1.29 is 17.6 Å². The standard InChI is InChI=1S/C19H18FN3O3S2/c1-12-18(27-17(21-12)11-13-7-9-14(20)10-8-13)19(24)22-15-5-3-4-6-16(15)23-28(2,25)26/h3-10,23H,11H2,1-2H3,(H,22,24). The summed E-state index contributed by atoms with van der Waals surface area (Å²) in [5, 5.41) is 3.46. The predicted molar refractivity (Wildman–Crippen MR) is 109 cm³/mol. The van der Waals surface area contributed by atoms with Crippen LogP contribution in [-0.2, 0) is 16.4 Å². The zero-order chi connectivity index (χ0) is 20.3. The molecule has 0 aliphatic heterocycles. The average Bonchev–Trinajstić information content (AvgIpc) is 2.98. The average molecular weight is 420 g/mol. The SMILES string of the molecule is Cc1nc(Cc2ccc(F)cc2)sc1C(=O)Nc1ccccc1NS(C)(=O)=O. The molecule has 0 radical (unpaired) electrons.